The minimum atomic E-state index is -4.11. The molecule has 1 aromatic carbocycles. The molecule has 0 radical (unpaired) electrons. The van der Waals surface area contributed by atoms with Gasteiger partial charge in [-0.1, -0.05) is 45.9 Å². The molecule has 0 amide bonds. The maximum Gasteiger partial charge on any atom is 0.391 e. The standard InChI is InChI=1S/C13H21O5P/c1-9(2)11-6-5-7-12(10(3)4)13(11)17-8-19(15,16)18-14/h5-7,9-10,14H,8H2,1-4H3,(H,15,16). The molecule has 0 aliphatic rings. The van der Waals surface area contributed by atoms with E-state index in [-0.39, 0.29) is 11.8 Å². The minimum absolute atomic E-state index is 0.224. The highest BCUT2D eigenvalue weighted by atomic mass is 31.2. The Morgan fingerprint density at radius 3 is 2.00 bits per heavy atom. The smallest absolute Gasteiger partial charge is 0.391 e. The van der Waals surface area contributed by atoms with Crippen LogP contribution in [-0.4, -0.2) is 16.5 Å². The number of rotatable bonds is 6. The van der Waals surface area contributed by atoms with Crippen LogP contribution in [0.4, 0.5) is 0 Å². The molecular formula is C13H21O5P. The molecule has 5 nitrogen and oxygen atoms in total. The van der Waals surface area contributed by atoms with E-state index in [1.807, 2.05) is 45.9 Å². The molecule has 1 unspecified atom stereocenters. The van der Waals surface area contributed by atoms with Crippen molar-refractivity contribution in [3.8, 4) is 5.75 Å². The van der Waals surface area contributed by atoms with Crippen molar-refractivity contribution < 1.29 is 24.1 Å². The zero-order chi connectivity index (χ0) is 14.6. The number of ether oxygens (including phenoxy) is 1. The van der Waals surface area contributed by atoms with Crippen LogP contribution in [0.5, 0.6) is 5.75 Å². The van der Waals surface area contributed by atoms with Crippen LogP contribution >= 0.6 is 7.60 Å². The molecule has 0 saturated heterocycles. The molecular weight excluding hydrogens is 267 g/mol. The lowest BCUT2D eigenvalue weighted by Crippen LogP contribution is -2.06. The van der Waals surface area contributed by atoms with Crippen LogP contribution in [0.3, 0.4) is 0 Å². The maximum atomic E-state index is 11.3. The van der Waals surface area contributed by atoms with Gasteiger partial charge in [-0.05, 0) is 23.0 Å². The molecule has 0 fully saturated rings. The van der Waals surface area contributed by atoms with E-state index in [1.165, 1.54) is 0 Å². The summed E-state index contributed by atoms with van der Waals surface area (Å²) in [5.74, 6) is 1.04. The molecule has 0 spiro atoms. The molecule has 1 atom stereocenters. The van der Waals surface area contributed by atoms with E-state index >= 15 is 0 Å². The fourth-order valence-electron chi connectivity index (χ4n) is 1.82. The molecule has 0 bridgehead atoms. The molecule has 108 valence electrons. The van der Waals surface area contributed by atoms with Gasteiger partial charge in [0, 0.05) is 0 Å². The summed E-state index contributed by atoms with van der Waals surface area (Å²) in [5.41, 5.74) is 1.92. The summed E-state index contributed by atoms with van der Waals surface area (Å²) in [4.78, 5) is 9.20. The second-order valence-electron chi connectivity index (χ2n) is 5.07. The van der Waals surface area contributed by atoms with Crippen molar-refractivity contribution in [3.63, 3.8) is 0 Å². The van der Waals surface area contributed by atoms with Crippen LogP contribution in [0.2, 0.25) is 0 Å². The van der Waals surface area contributed by atoms with Crippen molar-refractivity contribution in [2.75, 3.05) is 6.35 Å². The average Bonchev–Trinajstić information content (AvgIpc) is 2.35. The van der Waals surface area contributed by atoms with Crippen molar-refractivity contribution >= 4 is 7.60 Å². The zero-order valence-corrected chi connectivity index (χ0v) is 12.6. The normalized spacial score (nSPS) is 14.7. The minimum Gasteiger partial charge on any atom is -0.480 e. The fourth-order valence-corrected chi connectivity index (χ4v) is 2.16. The third kappa shape index (κ3) is 4.32. The van der Waals surface area contributed by atoms with Gasteiger partial charge in [0.15, 0.2) is 6.35 Å². The molecule has 2 N–H and O–H groups in total. The number of hydrogen-bond donors (Lipinski definition) is 2. The van der Waals surface area contributed by atoms with Crippen molar-refractivity contribution in [3.05, 3.63) is 29.3 Å². The summed E-state index contributed by atoms with van der Waals surface area (Å²) in [6, 6.07) is 5.79. The van der Waals surface area contributed by atoms with Gasteiger partial charge in [0.1, 0.15) is 5.75 Å². The van der Waals surface area contributed by atoms with Gasteiger partial charge in [-0.3, -0.25) is 4.57 Å². The third-order valence-corrected chi connectivity index (χ3v) is 3.53. The molecule has 6 heteroatoms. The Morgan fingerprint density at radius 1 is 1.16 bits per heavy atom. The van der Waals surface area contributed by atoms with E-state index in [4.69, 9.17) is 9.99 Å². The highest BCUT2D eigenvalue weighted by molar-refractivity contribution is 7.52. The van der Waals surface area contributed by atoms with Gasteiger partial charge in [-0.25, -0.2) is 5.26 Å². The van der Waals surface area contributed by atoms with Crippen molar-refractivity contribution in [1.82, 2.24) is 0 Å². The monoisotopic (exact) mass is 288 g/mol. The van der Waals surface area contributed by atoms with Gasteiger partial charge in [0.25, 0.3) is 0 Å². The van der Waals surface area contributed by atoms with Crippen molar-refractivity contribution in [2.24, 2.45) is 0 Å². The predicted octanol–water partition coefficient (Wildman–Crippen LogP) is 3.94. The van der Waals surface area contributed by atoms with Gasteiger partial charge in [0.2, 0.25) is 0 Å². The molecule has 0 aliphatic carbocycles. The van der Waals surface area contributed by atoms with Gasteiger partial charge >= 0.3 is 7.60 Å². The van der Waals surface area contributed by atoms with E-state index in [2.05, 4.69) is 4.67 Å². The zero-order valence-electron chi connectivity index (χ0n) is 11.7. The van der Waals surface area contributed by atoms with Crippen molar-refractivity contribution in [2.45, 2.75) is 39.5 Å². The maximum absolute atomic E-state index is 11.3. The summed E-state index contributed by atoms with van der Waals surface area (Å²) >= 11 is 0. The summed E-state index contributed by atoms with van der Waals surface area (Å²) in [6.07, 6.45) is -0.576. The van der Waals surface area contributed by atoms with Gasteiger partial charge in [-0.15, -0.1) is 4.67 Å². The first-order valence-corrected chi connectivity index (χ1v) is 7.95. The highest BCUT2D eigenvalue weighted by Crippen LogP contribution is 2.43. The Hall–Kier alpha value is -0.870. The quantitative estimate of drug-likeness (QED) is 0.471. The van der Waals surface area contributed by atoms with Gasteiger partial charge in [0.05, 0.1) is 0 Å². The number of hydrogen-bond acceptors (Lipinski definition) is 4. The van der Waals surface area contributed by atoms with Gasteiger partial charge < -0.3 is 9.63 Å². The molecule has 0 aromatic heterocycles. The lowest BCUT2D eigenvalue weighted by Gasteiger charge is -2.20. The number of benzene rings is 1. The fraction of sp³-hybridized carbons (Fsp3) is 0.538. The Balaban J connectivity index is 3.11. The second kappa shape index (κ2) is 6.53. The van der Waals surface area contributed by atoms with E-state index in [0.29, 0.717) is 5.75 Å². The van der Waals surface area contributed by atoms with Crippen LogP contribution in [0.25, 0.3) is 0 Å². The SMILES string of the molecule is CC(C)c1cccc(C(C)C)c1OCP(=O)(O)OO. The van der Waals surface area contributed by atoms with E-state index < -0.39 is 13.9 Å². The molecule has 19 heavy (non-hydrogen) atoms. The molecule has 0 aliphatic heterocycles. The van der Waals surface area contributed by atoms with Gasteiger partial charge in [-0.2, -0.15) is 0 Å². The Labute approximate surface area is 113 Å². The van der Waals surface area contributed by atoms with E-state index in [1.54, 1.807) is 0 Å². The van der Waals surface area contributed by atoms with E-state index in [9.17, 15) is 9.46 Å². The van der Waals surface area contributed by atoms with Crippen LogP contribution in [0, 0.1) is 0 Å². The highest BCUT2D eigenvalue weighted by Gasteiger charge is 2.23. The lowest BCUT2D eigenvalue weighted by atomic mass is 9.94. The molecule has 0 saturated carbocycles. The molecule has 0 heterocycles. The summed E-state index contributed by atoms with van der Waals surface area (Å²) in [6.45, 7) is 8.08. The van der Waals surface area contributed by atoms with E-state index in [0.717, 1.165) is 11.1 Å². The van der Waals surface area contributed by atoms with Crippen LogP contribution < -0.4 is 4.74 Å². The summed E-state index contributed by atoms with van der Waals surface area (Å²) in [7, 11) is -4.11. The predicted molar refractivity (Wildman–Crippen MR) is 73.7 cm³/mol. The topological polar surface area (TPSA) is 76.0 Å². The van der Waals surface area contributed by atoms with Crippen LogP contribution in [0.1, 0.15) is 50.7 Å². The second-order valence-corrected chi connectivity index (χ2v) is 6.76. The molecule has 1 aromatic rings. The van der Waals surface area contributed by atoms with Crippen molar-refractivity contribution in [1.29, 1.82) is 0 Å². The Morgan fingerprint density at radius 2 is 1.63 bits per heavy atom. The first-order chi connectivity index (χ1) is 8.78. The first-order valence-electron chi connectivity index (χ1n) is 6.19. The summed E-state index contributed by atoms with van der Waals surface area (Å²) < 4.78 is 20.3. The number of para-hydroxylation sites is 1. The lowest BCUT2D eigenvalue weighted by molar-refractivity contribution is -0.147. The van der Waals surface area contributed by atoms with Crippen LogP contribution in [0.15, 0.2) is 18.2 Å². The molecule has 1 rings (SSSR count). The summed E-state index contributed by atoms with van der Waals surface area (Å²) in [5, 5.41) is 8.34. The third-order valence-electron chi connectivity index (χ3n) is 2.82. The Kier molecular flexibility index (Phi) is 5.56. The average molecular weight is 288 g/mol. The Bertz CT molecular complexity index is 444. The largest absolute Gasteiger partial charge is 0.480 e. The van der Waals surface area contributed by atoms with Crippen LogP contribution in [-0.2, 0) is 9.24 Å². The first kappa shape index (κ1) is 16.2.